The Morgan fingerprint density at radius 1 is 1.00 bits per heavy atom. The zero-order valence-electron chi connectivity index (χ0n) is 10.0. The van der Waals surface area contributed by atoms with Crippen LogP contribution < -0.4 is 0 Å². The lowest BCUT2D eigenvalue weighted by molar-refractivity contribution is 0.538. The van der Waals surface area contributed by atoms with Crippen molar-refractivity contribution < 1.29 is 0 Å². The lowest BCUT2D eigenvalue weighted by Crippen LogP contribution is -2.33. The minimum Gasteiger partial charge on any atom is -0.133 e. The molecule has 0 bridgehead atoms. The lowest BCUT2D eigenvalue weighted by Gasteiger charge is -2.30. The molecule has 0 N–H and O–H groups in total. The minimum absolute atomic E-state index is 0.243. The molecule has 2 rings (SSSR count). The van der Waals surface area contributed by atoms with Crippen molar-refractivity contribution in [1.82, 2.24) is 0 Å². The summed E-state index contributed by atoms with van der Waals surface area (Å²) in [5, 5.41) is 0. The van der Waals surface area contributed by atoms with E-state index in [1.165, 1.54) is 10.4 Å². The van der Waals surface area contributed by atoms with E-state index in [-0.39, 0.29) is 5.41 Å². The van der Waals surface area contributed by atoms with Crippen LogP contribution in [0.3, 0.4) is 0 Å². The Bertz CT molecular complexity index is 550. The summed E-state index contributed by atoms with van der Waals surface area (Å²) in [7, 11) is 0. The molecule has 5 heteroatoms. The Morgan fingerprint density at radius 2 is 1.68 bits per heavy atom. The molecule has 0 saturated heterocycles. The zero-order valence-corrected chi connectivity index (χ0v) is 15.5. The van der Waals surface area contributed by atoms with Crippen LogP contribution >= 0.6 is 66.4 Å². The average Bonchev–Trinajstić information content (AvgIpc) is 2.82. The van der Waals surface area contributed by atoms with Gasteiger partial charge in [0, 0.05) is 26.5 Å². The van der Waals surface area contributed by atoms with Crippen molar-refractivity contribution in [3.05, 3.63) is 55.1 Å². The Hall–Kier alpha value is 0.460. The molecule has 1 aromatic heterocycles. The maximum Gasteiger partial charge on any atom is 0.0701 e. The number of halogens is 4. The fourth-order valence-electron chi connectivity index (χ4n) is 2.04. The van der Waals surface area contributed by atoms with Gasteiger partial charge in [-0.05, 0) is 46.1 Å². The number of hydrogen-bond donors (Lipinski definition) is 0. The van der Waals surface area contributed by atoms with Crippen LogP contribution in [-0.4, -0.2) is 11.8 Å². The molecule has 0 unspecified atom stereocenters. The van der Waals surface area contributed by atoms with Crippen LogP contribution in [0.4, 0.5) is 0 Å². The summed E-state index contributed by atoms with van der Waals surface area (Å²) in [5.41, 5.74) is 0.928. The number of thiophene rings is 1. The second kappa shape index (κ2) is 6.95. The Kier molecular flexibility index (Phi) is 5.79. The molecule has 19 heavy (non-hydrogen) atoms. The summed E-state index contributed by atoms with van der Waals surface area (Å²) in [6.45, 7) is 0. The van der Waals surface area contributed by atoms with Crippen molar-refractivity contribution in [2.45, 2.75) is 11.8 Å². The molecule has 0 spiro atoms. The highest BCUT2D eigenvalue weighted by Crippen LogP contribution is 2.38. The quantitative estimate of drug-likeness (QED) is 0.481. The van der Waals surface area contributed by atoms with Crippen LogP contribution in [0.1, 0.15) is 10.4 Å². The number of hydrogen-bond acceptors (Lipinski definition) is 1. The van der Waals surface area contributed by atoms with E-state index in [9.17, 15) is 0 Å². The van der Waals surface area contributed by atoms with Crippen LogP contribution in [0.5, 0.6) is 0 Å². The first-order valence-electron chi connectivity index (χ1n) is 5.72. The zero-order chi connectivity index (χ0) is 13.9. The monoisotopic (exact) mass is 440 g/mol. The van der Waals surface area contributed by atoms with Crippen molar-refractivity contribution in [3.8, 4) is 0 Å². The smallest absolute Gasteiger partial charge is 0.0701 e. The average molecular weight is 443 g/mol. The van der Waals surface area contributed by atoms with Gasteiger partial charge in [0.25, 0.3) is 0 Å². The van der Waals surface area contributed by atoms with Crippen molar-refractivity contribution in [1.29, 1.82) is 0 Å². The third-order valence-corrected chi connectivity index (χ3v) is 6.44. The molecule has 102 valence electrons. The fourth-order valence-corrected chi connectivity index (χ4v) is 5.14. The molecule has 0 aliphatic carbocycles. The van der Waals surface area contributed by atoms with Crippen LogP contribution in [0.15, 0.2) is 44.7 Å². The molecular weight excluding hydrogens is 431 g/mol. The van der Waals surface area contributed by atoms with Gasteiger partial charge in [-0.1, -0.05) is 34.1 Å². The summed E-state index contributed by atoms with van der Waals surface area (Å²) in [6, 6.07) is 12.3. The van der Waals surface area contributed by atoms with E-state index in [0.717, 1.165) is 14.7 Å². The maximum atomic E-state index is 6.28. The van der Waals surface area contributed by atoms with Gasteiger partial charge >= 0.3 is 0 Å². The van der Waals surface area contributed by atoms with E-state index in [1.807, 2.05) is 18.2 Å². The van der Waals surface area contributed by atoms with Gasteiger partial charge in [0.1, 0.15) is 0 Å². The predicted molar refractivity (Wildman–Crippen MR) is 93.0 cm³/mol. The standard InChI is InChI=1S/C14H12Br2Cl2S/c15-12-4-2-1-3-11(12)14(8-17,9-18)7-10-5-6-13(16)19-10/h1-6H,7-9H2. The first kappa shape index (κ1) is 15.8. The molecule has 0 nitrogen and oxygen atoms in total. The van der Waals surface area contributed by atoms with Gasteiger partial charge < -0.3 is 0 Å². The van der Waals surface area contributed by atoms with Gasteiger partial charge in [0.2, 0.25) is 0 Å². The highest BCUT2D eigenvalue weighted by molar-refractivity contribution is 9.11. The normalized spacial score (nSPS) is 11.8. The van der Waals surface area contributed by atoms with E-state index >= 15 is 0 Å². The molecule has 0 aliphatic rings. The highest BCUT2D eigenvalue weighted by Gasteiger charge is 2.33. The third-order valence-electron chi connectivity index (χ3n) is 3.10. The highest BCUT2D eigenvalue weighted by atomic mass is 79.9. The molecule has 1 aromatic carbocycles. The topological polar surface area (TPSA) is 0 Å². The van der Waals surface area contributed by atoms with Gasteiger partial charge in [-0.25, -0.2) is 0 Å². The van der Waals surface area contributed by atoms with E-state index in [4.69, 9.17) is 23.2 Å². The summed E-state index contributed by atoms with van der Waals surface area (Å²) < 4.78 is 2.19. The van der Waals surface area contributed by atoms with Crippen molar-refractivity contribution in [2.75, 3.05) is 11.8 Å². The Labute approximate surface area is 144 Å². The van der Waals surface area contributed by atoms with Crippen LogP contribution in [0.25, 0.3) is 0 Å². The van der Waals surface area contributed by atoms with Gasteiger partial charge in [-0.2, -0.15) is 0 Å². The molecular formula is C14H12Br2Cl2S. The van der Waals surface area contributed by atoms with E-state index in [2.05, 4.69) is 50.1 Å². The molecule has 0 amide bonds. The Morgan fingerprint density at radius 3 is 2.21 bits per heavy atom. The van der Waals surface area contributed by atoms with Crippen molar-refractivity contribution in [2.24, 2.45) is 0 Å². The first-order chi connectivity index (χ1) is 9.11. The first-order valence-corrected chi connectivity index (χ1v) is 9.19. The van der Waals surface area contributed by atoms with Gasteiger partial charge in [0.05, 0.1) is 3.79 Å². The molecule has 2 aromatic rings. The summed E-state index contributed by atoms with van der Waals surface area (Å²) in [4.78, 5) is 1.28. The summed E-state index contributed by atoms with van der Waals surface area (Å²) in [6.07, 6.45) is 0.846. The predicted octanol–water partition coefficient (Wildman–Crippen LogP) is 6.23. The molecule has 0 saturated carbocycles. The maximum absolute atomic E-state index is 6.28. The molecule has 0 atom stereocenters. The lowest BCUT2D eigenvalue weighted by atomic mass is 9.80. The van der Waals surface area contributed by atoms with E-state index in [0.29, 0.717) is 11.8 Å². The third kappa shape index (κ3) is 3.56. The summed E-state index contributed by atoms with van der Waals surface area (Å²) in [5.74, 6) is 0.989. The summed E-state index contributed by atoms with van der Waals surface area (Å²) >= 11 is 21.4. The Balaban J connectivity index is 2.40. The van der Waals surface area contributed by atoms with E-state index < -0.39 is 0 Å². The number of alkyl halides is 2. The molecule has 0 radical (unpaired) electrons. The number of benzene rings is 1. The van der Waals surface area contributed by atoms with Crippen LogP contribution in [0.2, 0.25) is 0 Å². The van der Waals surface area contributed by atoms with Gasteiger partial charge in [-0.15, -0.1) is 34.5 Å². The van der Waals surface area contributed by atoms with Crippen molar-refractivity contribution in [3.63, 3.8) is 0 Å². The fraction of sp³-hybridized carbons (Fsp3) is 0.286. The van der Waals surface area contributed by atoms with Crippen molar-refractivity contribution >= 4 is 66.4 Å². The number of rotatable bonds is 5. The SMILES string of the molecule is ClCC(CCl)(Cc1ccc(Br)s1)c1ccccc1Br. The van der Waals surface area contributed by atoms with E-state index in [1.54, 1.807) is 11.3 Å². The molecule has 1 heterocycles. The largest absolute Gasteiger partial charge is 0.133 e. The molecule has 0 aliphatic heterocycles. The molecule has 0 fully saturated rings. The van der Waals surface area contributed by atoms with Gasteiger partial charge in [-0.3, -0.25) is 0 Å². The van der Waals surface area contributed by atoms with Crippen LogP contribution in [-0.2, 0) is 11.8 Å². The van der Waals surface area contributed by atoms with Gasteiger partial charge in [0.15, 0.2) is 0 Å². The van der Waals surface area contributed by atoms with Crippen LogP contribution in [0, 0.1) is 0 Å². The minimum atomic E-state index is -0.243. The second-order valence-electron chi connectivity index (χ2n) is 4.41. The second-order valence-corrected chi connectivity index (χ2v) is 8.35.